The minimum absolute atomic E-state index is 0.0569. The average molecular weight is 270 g/mol. The third-order valence-corrected chi connectivity index (χ3v) is 2.58. The largest absolute Gasteiger partial charge is 0.494 e. The summed E-state index contributed by atoms with van der Waals surface area (Å²) in [6, 6.07) is 3.43. The second kappa shape index (κ2) is 7.58. The van der Waals surface area contributed by atoms with Crippen molar-refractivity contribution >= 4 is 11.7 Å². The summed E-state index contributed by atoms with van der Waals surface area (Å²) in [6.07, 6.45) is 1.31. The number of aliphatic hydroxyl groups is 1. The van der Waals surface area contributed by atoms with Gasteiger partial charge in [-0.2, -0.15) is 0 Å². The number of carbonyl (C=O) groups is 1. The number of rotatable bonds is 6. The van der Waals surface area contributed by atoms with Gasteiger partial charge in [-0.15, -0.1) is 0 Å². The Morgan fingerprint density at radius 3 is 2.89 bits per heavy atom. The monoisotopic (exact) mass is 270 g/mol. The second-order valence-corrected chi connectivity index (χ2v) is 4.21. The lowest BCUT2D eigenvalue weighted by molar-refractivity contribution is 0.245. The number of nitrogens with one attached hydrogen (secondary N) is 2. The number of ether oxygens (including phenoxy) is 1. The first-order chi connectivity index (χ1) is 9.06. The number of halogens is 1. The van der Waals surface area contributed by atoms with Crippen LogP contribution in [0.1, 0.15) is 19.8 Å². The highest BCUT2D eigenvalue weighted by Crippen LogP contribution is 2.24. The van der Waals surface area contributed by atoms with Crippen LogP contribution in [0.25, 0.3) is 0 Å². The van der Waals surface area contributed by atoms with Crippen molar-refractivity contribution in [3.05, 3.63) is 24.0 Å². The molecule has 0 radical (unpaired) electrons. The Balaban J connectivity index is 2.57. The molecular formula is C13H19FN2O3. The van der Waals surface area contributed by atoms with Crippen molar-refractivity contribution < 1.29 is 19.0 Å². The minimum Gasteiger partial charge on any atom is -0.494 e. The zero-order chi connectivity index (χ0) is 14.3. The van der Waals surface area contributed by atoms with Crippen molar-refractivity contribution in [2.75, 3.05) is 19.0 Å². The fourth-order valence-electron chi connectivity index (χ4n) is 1.62. The van der Waals surface area contributed by atoms with Crippen molar-refractivity contribution in [1.82, 2.24) is 5.32 Å². The smallest absolute Gasteiger partial charge is 0.319 e. The predicted octanol–water partition coefficient (Wildman–Crippen LogP) is 2.12. The van der Waals surface area contributed by atoms with Gasteiger partial charge < -0.3 is 20.5 Å². The molecule has 0 bridgehead atoms. The summed E-state index contributed by atoms with van der Waals surface area (Å²) in [4.78, 5) is 11.7. The van der Waals surface area contributed by atoms with Gasteiger partial charge in [-0.25, -0.2) is 9.18 Å². The van der Waals surface area contributed by atoms with E-state index in [1.54, 1.807) is 0 Å². The highest BCUT2D eigenvalue weighted by Gasteiger charge is 2.10. The first kappa shape index (κ1) is 15.2. The van der Waals surface area contributed by atoms with Crippen LogP contribution in [-0.2, 0) is 0 Å². The lowest BCUT2D eigenvalue weighted by atomic mass is 10.2. The quantitative estimate of drug-likeness (QED) is 0.741. The van der Waals surface area contributed by atoms with Gasteiger partial charge in [0.1, 0.15) is 11.6 Å². The summed E-state index contributed by atoms with van der Waals surface area (Å²) >= 11 is 0. The SMILES string of the molecule is COc1cc(F)ccc1NC(=O)NC(C)CCCO. The van der Waals surface area contributed by atoms with Gasteiger partial charge in [0, 0.05) is 18.7 Å². The van der Waals surface area contributed by atoms with Crippen LogP contribution < -0.4 is 15.4 Å². The molecule has 2 amide bonds. The third-order valence-electron chi connectivity index (χ3n) is 2.58. The Morgan fingerprint density at radius 2 is 2.26 bits per heavy atom. The van der Waals surface area contributed by atoms with E-state index in [9.17, 15) is 9.18 Å². The molecular weight excluding hydrogens is 251 g/mol. The molecule has 5 nitrogen and oxygen atoms in total. The van der Waals surface area contributed by atoms with Gasteiger partial charge >= 0.3 is 6.03 Å². The number of amides is 2. The van der Waals surface area contributed by atoms with Gasteiger partial charge in [-0.05, 0) is 31.9 Å². The first-order valence-electron chi connectivity index (χ1n) is 6.08. The number of anilines is 1. The molecule has 1 rings (SSSR count). The van der Waals surface area contributed by atoms with E-state index in [-0.39, 0.29) is 18.4 Å². The van der Waals surface area contributed by atoms with Crippen LogP contribution in [0, 0.1) is 5.82 Å². The second-order valence-electron chi connectivity index (χ2n) is 4.21. The van der Waals surface area contributed by atoms with Crippen LogP contribution in [0.5, 0.6) is 5.75 Å². The number of benzene rings is 1. The molecule has 1 aromatic rings. The third kappa shape index (κ3) is 5.13. The molecule has 1 aromatic carbocycles. The summed E-state index contributed by atoms with van der Waals surface area (Å²) in [7, 11) is 1.40. The molecule has 0 aromatic heterocycles. The van der Waals surface area contributed by atoms with E-state index in [4.69, 9.17) is 9.84 Å². The lowest BCUT2D eigenvalue weighted by Gasteiger charge is -2.15. The molecule has 0 heterocycles. The Bertz CT molecular complexity index is 426. The molecule has 19 heavy (non-hydrogen) atoms. The molecule has 6 heteroatoms. The van der Waals surface area contributed by atoms with Crippen LogP contribution in [-0.4, -0.2) is 30.9 Å². The Labute approximate surface area is 111 Å². The van der Waals surface area contributed by atoms with Gasteiger partial charge in [-0.3, -0.25) is 0 Å². The fraction of sp³-hybridized carbons (Fsp3) is 0.462. The number of hydrogen-bond donors (Lipinski definition) is 3. The van der Waals surface area contributed by atoms with Gasteiger partial charge in [0.2, 0.25) is 0 Å². The van der Waals surface area contributed by atoms with Gasteiger partial charge in [0.15, 0.2) is 0 Å². The molecule has 1 atom stereocenters. The summed E-state index contributed by atoms with van der Waals surface area (Å²) in [5.41, 5.74) is 0.399. The normalized spacial score (nSPS) is 11.8. The molecule has 0 aliphatic carbocycles. The van der Waals surface area contributed by atoms with Crippen molar-refractivity contribution in [3.8, 4) is 5.75 Å². The number of urea groups is 1. The van der Waals surface area contributed by atoms with E-state index in [0.29, 0.717) is 18.5 Å². The van der Waals surface area contributed by atoms with Crippen LogP contribution in [0.3, 0.4) is 0 Å². The standard InChI is InChI=1S/C13H19FN2O3/c1-9(4-3-7-17)15-13(18)16-11-6-5-10(14)8-12(11)19-2/h5-6,8-9,17H,3-4,7H2,1-2H3,(H2,15,16,18). The van der Waals surface area contributed by atoms with Crippen LogP contribution in [0.4, 0.5) is 14.9 Å². The summed E-state index contributed by atoms with van der Waals surface area (Å²) in [6.45, 7) is 1.94. The van der Waals surface area contributed by atoms with Crippen molar-refractivity contribution in [2.45, 2.75) is 25.8 Å². The van der Waals surface area contributed by atoms with Gasteiger partial charge in [0.25, 0.3) is 0 Å². The van der Waals surface area contributed by atoms with E-state index in [0.717, 1.165) is 0 Å². The Morgan fingerprint density at radius 1 is 1.53 bits per heavy atom. The summed E-state index contributed by atoms with van der Waals surface area (Å²) in [5.74, 6) is -0.169. The number of aliphatic hydroxyl groups excluding tert-OH is 1. The van der Waals surface area contributed by atoms with Crippen LogP contribution in [0.2, 0.25) is 0 Å². The summed E-state index contributed by atoms with van der Waals surface area (Å²) in [5, 5.41) is 14.0. The van der Waals surface area contributed by atoms with E-state index in [1.807, 2.05) is 6.92 Å². The number of methoxy groups -OCH3 is 1. The van der Waals surface area contributed by atoms with Crippen LogP contribution >= 0.6 is 0 Å². The molecule has 0 saturated heterocycles. The Kier molecular flexibility index (Phi) is 6.08. The van der Waals surface area contributed by atoms with Crippen LogP contribution in [0.15, 0.2) is 18.2 Å². The maximum absolute atomic E-state index is 13.0. The zero-order valence-electron chi connectivity index (χ0n) is 11.1. The van der Waals surface area contributed by atoms with Gasteiger partial charge in [0.05, 0.1) is 12.8 Å². The molecule has 0 saturated carbocycles. The maximum atomic E-state index is 13.0. The molecule has 0 spiro atoms. The lowest BCUT2D eigenvalue weighted by Crippen LogP contribution is -2.36. The highest BCUT2D eigenvalue weighted by molar-refractivity contribution is 5.91. The molecule has 0 aliphatic heterocycles. The molecule has 0 fully saturated rings. The van der Waals surface area contributed by atoms with E-state index in [1.165, 1.54) is 25.3 Å². The minimum atomic E-state index is -0.431. The van der Waals surface area contributed by atoms with Crippen molar-refractivity contribution in [1.29, 1.82) is 0 Å². The zero-order valence-corrected chi connectivity index (χ0v) is 11.1. The predicted molar refractivity (Wildman–Crippen MR) is 70.9 cm³/mol. The van der Waals surface area contributed by atoms with Crippen molar-refractivity contribution in [2.24, 2.45) is 0 Å². The summed E-state index contributed by atoms with van der Waals surface area (Å²) < 4.78 is 18.0. The van der Waals surface area contributed by atoms with Crippen molar-refractivity contribution in [3.63, 3.8) is 0 Å². The first-order valence-corrected chi connectivity index (χ1v) is 6.08. The average Bonchev–Trinajstić information content (AvgIpc) is 2.38. The Hall–Kier alpha value is -1.82. The molecule has 106 valence electrons. The van der Waals surface area contributed by atoms with E-state index in [2.05, 4.69) is 10.6 Å². The molecule has 1 unspecified atom stereocenters. The fourth-order valence-corrected chi connectivity index (χ4v) is 1.62. The number of carbonyl (C=O) groups excluding carboxylic acids is 1. The number of hydrogen-bond acceptors (Lipinski definition) is 3. The van der Waals surface area contributed by atoms with Gasteiger partial charge in [-0.1, -0.05) is 0 Å². The highest BCUT2D eigenvalue weighted by atomic mass is 19.1. The molecule has 0 aliphatic rings. The van der Waals surface area contributed by atoms with E-state index < -0.39 is 11.8 Å². The topological polar surface area (TPSA) is 70.6 Å². The van der Waals surface area contributed by atoms with E-state index >= 15 is 0 Å². The molecule has 3 N–H and O–H groups in total. The maximum Gasteiger partial charge on any atom is 0.319 e.